The highest BCUT2D eigenvalue weighted by atomic mass is 32.2. The number of hydrogen-bond donors (Lipinski definition) is 1. The third kappa shape index (κ3) is 4.86. The van der Waals surface area contributed by atoms with Crippen molar-refractivity contribution in [3.63, 3.8) is 0 Å². The van der Waals surface area contributed by atoms with Crippen molar-refractivity contribution in [1.29, 1.82) is 0 Å². The lowest BCUT2D eigenvalue weighted by molar-refractivity contribution is -0.118. The summed E-state index contributed by atoms with van der Waals surface area (Å²) < 4.78 is 7.52. The van der Waals surface area contributed by atoms with Crippen LogP contribution >= 0.6 is 23.1 Å². The molecule has 1 amide bonds. The van der Waals surface area contributed by atoms with E-state index in [1.165, 1.54) is 11.8 Å². The molecule has 2 heterocycles. The van der Waals surface area contributed by atoms with Gasteiger partial charge in [-0.25, -0.2) is 0 Å². The van der Waals surface area contributed by atoms with Crippen LogP contribution in [0.3, 0.4) is 0 Å². The average molecular weight is 389 g/mol. The van der Waals surface area contributed by atoms with Crippen LogP contribution in [0.5, 0.6) is 5.75 Å². The summed E-state index contributed by atoms with van der Waals surface area (Å²) in [4.78, 5) is 13.0. The first kappa shape index (κ1) is 18.5. The van der Waals surface area contributed by atoms with Gasteiger partial charge in [-0.2, -0.15) is 0 Å². The molecule has 0 saturated heterocycles. The highest BCUT2D eigenvalue weighted by Gasteiger charge is 2.13. The Kier molecular flexibility index (Phi) is 6.30. The topological polar surface area (TPSA) is 69.0 Å². The first-order valence-electron chi connectivity index (χ1n) is 8.16. The predicted octanol–water partition coefficient (Wildman–Crippen LogP) is 3.14. The molecule has 0 atom stereocenters. The number of ether oxygens (including phenoxy) is 1. The third-order valence-corrected chi connectivity index (χ3v) is 5.48. The molecule has 8 heteroatoms. The number of nitrogens with zero attached hydrogens (tertiary/aromatic N) is 3. The Morgan fingerprint density at radius 2 is 2.19 bits per heavy atom. The van der Waals surface area contributed by atoms with Gasteiger partial charge in [0.05, 0.1) is 17.2 Å². The number of thiophene rings is 1. The van der Waals surface area contributed by atoms with E-state index in [-0.39, 0.29) is 5.91 Å². The van der Waals surface area contributed by atoms with Gasteiger partial charge in [-0.15, -0.1) is 21.5 Å². The molecule has 0 fully saturated rings. The largest absolute Gasteiger partial charge is 0.492 e. The molecule has 0 bridgehead atoms. The molecule has 136 valence electrons. The van der Waals surface area contributed by atoms with Crippen molar-refractivity contribution in [2.45, 2.75) is 12.1 Å². The van der Waals surface area contributed by atoms with Crippen LogP contribution in [0.15, 0.2) is 46.9 Å². The number of benzene rings is 1. The Morgan fingerprint density at radius 3 is 2.96 bits per heavy atom. The lowest BCUT2D eigenvalue weighted by Crippen LogP contribution is -2.29. The van der Waals surface area contributed by atoms with Crippen LogP contribution in [0.1, 0.15) is 5.56 Å². The molecular weight excluding hydrogens is 368 g/mol. The number of aromatic nitrogens is 3. The molecular formula is C18H20N4O2S2. The van der Waals surface area contributed by atoms with E-state index in [2.05, 4.69) is 15.5 Å². The van der Waals surface area contributed by atoms with Crippen LogP contribution in [0.4, 0.5) is 0 Å². The second-order valence-corrected chi connectivity index (χ2v) is 7.54. The minimum Gasteiger partial charge on any atom is -0.492 e. The van der Waals surface area contributed by atoms with Crippen molar-refractivity contribution in [1.82, 2.24) is 20.1 Å². The quantitative estimate of drug-likeness (QED) is 0.474. The van der Waals surface area contributed by atoms with Crippen LogP contribution in [-0.4, -0.2) is 39.6 Å². The maximum atomic E-state index is 12.0. The first-order chi connectivity index (χ1) is 12.6. The fourth-order valence-corrected chi connectivity index (χ4v) is 3.79. The number of aryl methyl sites for hydroxylation is 1. The lowest BCUT2D eigenvalue weighted by atomic mass is 10.2. The van der Waals surface area contributed by atoms with E-state index in [1.807, 2.05) is 60.3 Å². The molecule has 3 aromatic rings. The molecule has 0 aliphatic carbocycles. The zero-order valence-corrected chi connectivity index (χ0v) is 16.3. The van der Waals surface area contributed by atoms with Crippen LogP contribution in [0.2, 0.25) is 0 Å². The van der Waals surface area contributed by atoms with Gasteiger partial charge in [-0.3, -0.25) is 4.79 Å². The summed E-state index contributed by atoms with van der Waals surface area (Å²) in [6.07, 6.45) is 0. The maximum Gasteiger partial charge on any atom is 0.230 e. The van der Waals surface area contributed by atoms with Gasteiger partial charge in [0.15, 0.2) is 11.0 Å². The van der Waals surface area contributed by atoms with Crippen LogP contribution in [0.25, 0.3) is 10.7 Å². The molecule has 0 radical (unpaired) electrons. The van der Waals surface area contributed by atoms with Crippen molar-refractivity contribution in [2.24, 2.45) is 7.05 Å². The van der Waals surface area contributed by atoms with E-state index >= 15 is 0 Å². The molecule has 3 rings (SSSR count). The summed E-state index contributed by atoms with van der Waals surface area (Å²) in [5.74, 6) is 1.87. The minimum atomic E-state index is -0.0523. The first-order valence-corrected chi connectivity index (χ1v) is 10.0. The zero-order chi connectivity index (χ0) is 18.4. The van der Waals surface area contributed by atoms with E-state index < -0.39 is 0 Å². The predicted molar refractivity (Wildman–Crippen MR) is 105 cm³/mol. The van der Waals surface area contributed by atoms with Gasteiger partial charge in [0.25, 0.3) is 0 Å². The van der Waals surface area contributed by atoms with E-state index in [9.17, 15) is 4.79 Å². The molecule has 1 aromatic carbocycles. The van der Waals surface area contributed by atoms with Gasteiger partial charge < -0.3 is 14.6 Å². The Morgan fingerprint density at radius 1 is 1.31 bits per heavy atom. The second kappa shape index (κ2) is 8.86. The SMILES string of the molecule is Cc1cccc(OCCNC(=O)CSc2nnc(-c3cccs3)n2C)c1. The van der Waals surface area contributed by atoms with Crippen LogP contribution < -0.4 is 10.1 Å². The number of hydrogen-bond acceptors (Lipinski definition) is 6. The molecule has 0 unspecified atom stereocenters. The monoisotopic (exact) mass is 388 g/mol. The van der Waals surface area contributed by atoms with Crippen molar-refractivity contribution in [2.75, 3.05) is 18.9 Å². The summed E-state index contributed by atoms with van der Waals surface area (Å²) in [5.41, 5.74) is 1.15. The van der Waals surface area contributed by atoms with E-state index in [1.54, 1.807) is 11.3 Å². The summed E-state index contributed by atoms with van der Waals surface area (Å²) in [6, 6.07) is 11.8. The zero-order valence-electron chi connectivity index (χ0n) is 14.6. The fraction of sp³-hybridized carbons (Fsp3) is 0.278. The number of carbonyl (C=O) groups excluding carboxylic acids is 1. The smallest absolute Gasteiger partial charge is 0.230 e. The van der Waals surface area contributed by atoms with Crippen molar-refractivity contribution < 1.29 is 9.53 Å². The van der Waals surface area contributed by atoms with E-state index in [4.69, 9.17) is 4.74 Å². The fourth-order valence-electron chi connectivity index (χ4n) is 2.31. The van der Waals surface area contributed by atoms with Crippen LogP contribution in [0, 0.1) is 6.92 Å². The number of rotatable bonds is 8. The van der Waals surface area contributed by atoms with Gasteiger partial charge in [-0.05, 0) is 36.1 Å². The summed E-state index contributed by atoms with van der Waals surface area (Å²) in [6.45, 7) is 2.92. The lowest BCUT2D eigenvalue weighted by Gasteiger charge is -2.08. The molecule has 26 heavy (non-hydrogen) atoms. The molecule has 0 spiro atoms. The standard InChI is InChI=1S/C18H20N4O2S2/c1-13-5-3-6-14(11-13)24-9-8-19-16(23)12-26-18-21-20-17(22(18)2)15-7-4-10-25-15/h3-7,10-11H,8-9,12H2,1-2H3,(H,19,23). The Bertz CT molecular complexity index is 862. The van der Waals surface area contributed by atoms with Gasteiger partial charge in [0.2, 0.25) is 5.91 Å². The highest BCUT2D eigenvalue weighted by Crippen LogP contribution is 2.25. The summed E-state index contributed by atoms with van der Waals surface area (Å²) >= 11 is 2.99. The number of carbonyl (C=O) groups is 1. The molecule has 0 aliphatic rings. The Balaban J connectivity index is 1.40. The van der Waals surface area contributed by atoms with Crippen molar-refractivity contribution in [3.8, 4) is 16.5 Å². The third-order valence-electron chi connectivity index (χ3n) is 3.59. The molecule has 0 aliphatic heterocycles. The maximum absolute atomic E-state index is 12.0. The van der Waals surface area contributed by atoms with Crippen molar-refractivity contribution in [3.05, 3.63) is 47.3 Å². The van der Waals surface area contributed by atoms with E-state index in [0.717, 1.165) is 27.2 Å². The summed E-state index contributed by atoms with van der Waals surface area (Å²) in [5, 5.41) is 13.9. The average Bonchev–Trinajstić information content (AvgIpc) is 3.27. The molecule has 1 N–H and O–H groups in total. The number of amides is 1. The Labute approximate surface area is 160 Å². The molecule has 0 saturated carbocycles. The number of nitrogens with one attached hydrogen (secondary N) is 1. The van der Waals surface area contributed by atoms with Crippen LogP contribution in [-0.2, 0) is 11.8 Å². The highest BCUT2D eigenvalue weighted by molar-refractivity contribution is 7.99. The molecule has 6 nitrogen and oxygen atoms in total. The normalized spacial score (nSPS) is 10.7. The minimum absolute atomic E-state index is 0.0523. The number of thioether (sulfide) groups is 1. The van der Waals surface area contributed by atoms with Gasteiger partial charge >= 0.3 is 0 Å². The second-order valence-electron chi connectivity index (χ2n) is 5.65. The van der Waals surface area contributed by atoms with E-state index in [0.29, 0.717) is 18.9 Å². The van der Waals surface area contributed by atoms with Gasteiger partial charge in [0.1, 0.15) is 12.4 Å². The van der Waals surface area contributed by atoms with Gasteiger partial charge in [-0.1, -0.05) is 30.0 Å². The molecule has 2 aromatic heterocycles. The van der Waals surface area contributed by atoms with Gasteiger partial charge in [0, 0.05) is 7.05 Å². The summed E-state index contributed by atoms with van der Waals surface area (Å²) in [7, 11) is 1.91. The van der Waals surface area contributed by atoms with Crippen molar-refractivity contribution >= 4 is 29.0 Å². The Hall–Kier alpha value is -2.32.